The molecule has 0 spiro atoms. The summed E-state index contributed by atoms with van der Waals surface area (Å²) in [5, 5.41) is 0. The van der Waals surface area contributed by atoms with Crippen LogP contribution in [-0.4, -0.2) is 26.8 Å². The number of hydrogen-bond acceptors (Lipinski definition) is 2. The summed E-state index contributed by atoms with van der Waals surface area (Å²) in [4.78, 5) is 0.320. The Morgan fingerprint density at radius 1 is 1.05 bits per heavy atom. The number of rotatable bonds is 4. The smallest absolute Gasteiger partial charge is 0.207 e. The van der Waals surface area contributed by atoms with Crippen LogP contribution in [0.2, 0.25) is 0 Å². The van der Waals surface area contributed by atoms with Gasteiger partial charge in [0.05, 0.1) is 4.90 Å². The van der Waals surface area contributed by atoms with Crippen LogP contribution in [0.1, 0.15) is 11.1 Å². The van der Waals surface area contributed by atoms with E-state index in [1.807, 2.05) is 36.4 Å². The second-order valence-corrected chi connectivity index (χ2v) is 6.67. The van der Waals surface area contributed by atoms with Gasteiger partial charge in [0.1, 0.15) is 0 Å². The molecule has 3 nitrogen and oxygen atoms in total. The molecule has 0 fully saturated rings. The summed E-state index contributed by atoms with van der Waals surface area (Å²) in [6.45, 7) is 0. The molecule has 0 saturated carbocycles. The van der Waals surface area contributed by atoms with E-state index in [1.165, 1.54) is 18.4 Å². The summed E-state index contributed by atoms with van der Waals surface area (Å²) in [7, 11) is -0.278. The quantitative estimate of drug-likeness (QED) is 0.858. The highest BCUT2D eigenvalue weighted by molar-refractivity contribution is 7.89. The number of nitrogens with zero attached hydrogens (tertiary/aromatic N) is 1. The normalized spacial score (nSPS) is 11.7. The maximum absolute atomic E-state index is 11.9. The maximum Gasteiger partial charge on any atom is 0.242 e. The van der Waals surface area contributed by atoms with E-state index in [1.54, 1.807) is 12.1 Å². The predicted octanol–water partition coefficient (Wildman–Crippen LogP) is 2.33. The van der Waals surface area contributed by atoms with Gasteiger partial charge in [-0.1, -0.05) is 36.4 Å². The molecule has 0 aliphatic heterocycles. The molecule has 0 aromatic heterocycles. The first kappa shape index (κ1) is 13.8. The fraction of sp³-hybridized carbons (Fsp3) is 0.200. The van der Waals surface area contributed by atoms with Gasteiger partial charge < -0.3 is 0 Å². The van der Waals surface area contributed by atoms with Crippen LogP contribution in [0.4, 0.5) is 0 Å². The minimum Gasteiger partial charge on any atom is -0.207 e. The van der Waals surface area contributed by atoms with Crippen molar-refractivity contribution in [1.82, 2.24) is 4.31 Å². The highest BCUT2D eigenvalue weighted by atomic mass is 32.2. The lowest BCUT2D eigenvalue weighted by atomic mass is 10.1. The third kappa shape index (κ3) is 3.22. The zero-order valence-electron chi connectivity index (χ0n) is 11.0. The lowest BCUT2D eigenvalue weighted by molar-refractivity contribution is 0.520. The molecule has 0 saturated heterocycles. The van der Waals surface area contributed by atoms with E-state index in [2.05, 4.69) is 6.07 Å². The fourth-order valence-corrected chi connectivity index (χ4v) is 2.67. The largest absolute Gasteiger partial charge is 0.242 e. The molecule has 4 heteroatoms. The third-order valence-electron chi connectivity index (χ3n) is 2.88. The molecule has 1 radical (unpaired) electrons. The molecular formula is C15H16NO2S. The van der Waals surface area contributed by atoms with E-state index < -0.39 is 10.0 Å². The Kier molecular flexibility index (Phi) is 4.02. The van der Waals surface area contributed by atoms with Crippen LogP contribution in [0.3, 0.4) is 0 Å². The van der Waals surface area contributed by atoms with Gasteiger partial charge in [0, 0.05) is 14.1 Å². The highest BCUT2D eigenvalue weighted by Crippen LogP contribution is 2.16. The Morgan fingerprint density at radius 3 is 2.26 bits per heavy atom. The summed E-state index contributed by atoms with van der Waals surface area (Å²) in [5.41, 5.74) is 2.24. The molecule has 2 rings (SSSR count). The topological polar surface area (TPSA) is 37.4 Å². The molecule has 19 heavy (non-hydrogen) atoms. The first-order valence-electron chi connectivity index (χ1n) is 5.96. The summed E-state index contributed by atoms with van der Waals surface area (Å²) >= 11 is 0. The van der Waals surface area contributed by atoms with Gasteiger partial charge in [-0.2, -0.15) is 0 Å². The molecular weight excluding hydrogens is 258 g/mol. The van der Waals surface area contributed by atoms with Gasteiger partial charge in [-0.05, 0) is 35.7 Å². The van der Waals surface area contributed by atoms with Gasteiger partial charge >= 0.3 is 0 Å². The maximum atomic E-state index is 11.9. The molecule has 0 aliphatic carbocycles. The Bertz CT molecular complexity index is 632. The van der Waals surface area contributed by atoms with E-state index in [0.717, 1.165) is 17.5 Å². The van der Waals surface area contributed by atoms with Gasteiger partial charge in [0.2, 0.25) is 10.0 Å². The van der Waals surface area contributed by atoms with Crippen LogP contribution < -0.4 is 0 Å². The predicted molar refractivity (Wildman–Crippen MR) is 75.4 cm³/mol. The first-order valence-corrected chi connectivity index (χ1v) is 7.40. The van der Waals surface area contributed by atoms with Crippen LogP contribution in [-0.2, 0) is 16.4 Å². The van der Waals surface area contributed by atoms with E-state index in [-0.39, 0.29) is 0 Å². The van der Waals surface area contributed by atoms with E-state index >= 15 is 0 Å². The van der Waals surface area contributed by atoms with Crippen LogP contribution >= 0.6 is 0 Å². The minimum absolute atomic E-state index is 0.320. The lowest BCUT2D eigenvalue weighted by Gasteiger charge is -2.11. The van der Waals surface area contributed by atoms with Gasteiger partial charge in [-0.25, -0.2) is 12.7 Å². The Balaban J connectivity index is 2.20. The van der Waals surface area contributed by atoms with Crippen molar-refractivity contribution in [2.75, 3.05) is 14.1 Å². The second-order valence-electron chi connectivity index (χ2n) is 4.52. The average Bonchev–Trinajstić information content (AvgIpc) is 2.40. The molecule has 0 aliphatic rings. The molecule has 0 amide bonds. The van der Waals surface area contributed by atoms with Crippen molar-refractivity contribution in [3.63, 3.8) is 0 Å². The van der Waals surface area contributed by atoms with Crippen molar-refractivity contribution < 1.29 is 8.42 Å². The number of hydrogen-bond donors (Lipinski definition) is 0. The van der Waals surface area contributed by atoms with Crippen molar-refractivity contribution in [2.24, 2.45) is 0 Å². The Morgan fingerprint density at radius 2 is 1.74 bits per heavy atom. The van der Waals surface area contributed by atoms with Gasteiger partial charge in [-0.15, -0.1) is 0 Å². The number of benzene rings is 2. The van der Waals surface area contributed by atoms with Gasteiger partial charge in [-0.3, -0.25) is 0 Å². The van der Waals surface area contributed by atoms with E-state index in [4.69, 9.17) is 0 Å². The van der Waals surface area contributed by atoms with Crippen LogP contribution in [0, 0.1) is 6.07 Å². The third-order valence-corrected chi connectivity index (χ3v) is 4.71. The lowest BCUT2D eigenvalue weighted by Crippen LogP contribution is -2.22. The van der Waals surface area contributed by atoms with E-state index in [9.17, 15) is 8.42 Å². The van der Waals surface area contributed by atoms with Gasteiger partial charge in [0.15, 0.2) is 0 Å². The SMILES string of the molecule is CN(C)S(=O)(=O)c1ccc(Cc2c[c]ccc2)cc1. The zero-order valence-corrected chi connectivity index (χ0v) is 11.8. The van der Waals surface area contributed by atoms with Crippen molar-refractivity contribution in [2.45, 2.75) is 11.3 Å². The molecule has 0 N–H and O–H groups in total. The zero-order chi connectivity index (χ0) is 13.9. The molecule has 0 bridgehead atoms. The standard InChI is InChI=1S/C15H16NO2S/c1-16(2)19(17,18)15-10-8-14(9-11-15)12-13-6-4-3-5-7-13/h3-4,6-11H,12H2,1-2H3. The summed E-state index contributed by atoms with van der Waals surface area (Å²) < 4.78 is 25.1. The van der Waals surface area contributed by atoms with Crippen molar-refractivity contribution in [1.29, 1.82) is 0 Å². The monoisotopic (exact) mass is 274 g/mol. The molecule has 2 aromatic carbocycles. The van der Waals surface area contributed by atoms with Crippen LogP contribution in [0.5, 0.6) is 0 Å². The molecule has 0 atom stereocenters. The molecule has 0 heterocycles. The molecule has 2 aromatic rings. The molecule has 0 unspecified atom stereocenters. The summed E-state index contributed by atoms with van der Waals surface area (Å²) in [6.07, 6.45) is 0.777. The first-order chi connectivity index (χ1) is 9.00. The van der Waals surface area contributed by atoms with E-state index in [0.29, 0.717) is 4.90 Å². The van der Waals surface area contributed by atoms with Crippen molar-refractivity contribution in [3.05, 3.63) is 65.7 Å². The molecule has 99 valence electrons. The number of sulfonamides is 1. The highest BCUT2D eigenvalue weighted by Gasteiger charge is 2.16. The Hall–Kier alpha value is -1.65. The van der Waals surface area contributed by atoms with Crippen LogP contribution in [0.25, 0.3) is 0 Å². The van der Waals surface area contributed by atoms with Crippen molar-refractivity contribution in [3.8, 4) is 0 Å². The fourth-order valence-electron chi connectivity index (χ4n) is 1.77. The average molecular weight is 274 g/mol. The second kappa shape index (κ2) is 5.55. The Labute approximate surface area is 114 Å². The van der Waals surface area contributed by atoms with Gasteiger partial charge in [0.25, 0.3) is 0 Å². The van der Waals surface area contributed by atoms with Crippen LogP contribution in [0.15, 0.2) is 53.4 Å². The summed E-state index contributed by atoms with van der Waals surface area (Å²) in [5.74, 6) is 0. The summed E-state index contributed by atoms with van der Waals surface area (Å²) in [6, 6.07) is 17.8. The van der Waals surface area contributed by atoms with Crippen molar-refractivity contribution >= 4 is 10.0 Å². The minimum atomic E-state index is -3.34.